The molecule has 0 radical (unpaired) electrons. The first-order chi connectivity index (χ1) is 13.7. The predicted octanol–water partition coefficient (Wildman–Crippen LogP) is 3.51. The second-order valence-corrected chi connectivity index (χ2v) is 7.24. The first kappa shape index (κ1) is 26.3. The van der Waals surface area contributed by atoms with Crippen LogP contribution in [0.5, 0.6) is 5.75 Å². The van der Waals surface area contributed by atoms with Crippen molar-refractivity contribution in [1.29, 1.82) is 0 Å². The van der Waals surface area contributed by atoms with Crippen LogP contribution in [-0.2, 0) is 11.0 Å². The molecule has 0 aliphatic carbocycles. The molecule has 0 spiro atoms. The van der Waals surface area contributed by atoms with Crippen LogP contribution in [0.1, 0.15) is 32.3 Å². The lowest BCUT2D eigenvalue weighted by Crippen LogP contribution is -2.50. The zero-order valence-corrected chi connectivity index (χ0v) is 19.8. The summed E-state index contributed by atoms with van der Waals surface area (Å²) >= 11 is 0. The highest BCUT2D eigenvalue weighted by atomic mass is 127. The standard InChI is InChI=1S/C20H29F3N4O2.HI/c1-14(2)18(28)27-11-8-15(9-12-27)26-19(24-3)25-10-13-29-17-7-5-4-6-16(17)20(21,22)23;/h4-7,14-15H,8-13H2,1-3H3,(H2,24,25,26);1H. The van der Waals surface area contributed by atoms with E-state index >= 15 is 0 Å². The van der Waals surface area contributed by atoms with Gasteiger partial charge in [0, 0.05) is 32.1 Å². The van der Waals surface area contributed by atoms with Gasteiger partial charge in [-0.1, -0.05) is 26.0 Å². The Morgan fingerprint density at radius 2 is 1.90 bits per heavy atom. The number of hydrogen-bond donors (Lipinski definition) is 2. The minimum atomic E-state index is -4.45. The third-order valence-corrected chi connectivity index (χ3v) is 4.71. The van der Waals surface area contributed by atoms with Crippen molar-refractivity contribution in [2.24, 2.45) is 10.9 Å². The van der Waals surface area contributed by atoms with Crippen LogP contribution in [0.15, 0.2) is 29.3 Å². The van der Waals surface area contributed by atoms with Crippen LogP contribution in [-0.4, -0.2) is 56.1 Å². The summed E-state index contributed by atoms with van der Waals surface area (Å²) in [6, 6.07) is 5.33. The molecule has 1 saturated heterocycles. The molecule has 2 N–H and O–H groups in total. The summed E-state index contributed by atoms with van der Waals surface area (Å²) in [6.07, 6.45) is -2.82. The van der Waals surface area contributed by atoms with Crippen LogP contribution in [0.3, 0.4) is 0 Å². The molecule has 1 aliphatic heterocycles. The number of likely N-dealkylation sites (tertiary alicyclic amines) is 1. The molecule has 0 aromatic heterocycles. The molecule has 1 aliphatic rings. The van der Waals surface area contributed by atoms with Crippen LogP contribution in [0.4, 0.5) is 13.2 Å². The number of benzene rings is 1. The fourth-order valence-corrected chi connectivity index (χ4v) is 3.15. The maximum Gasteiger partial charge on any atom is 0.419 e. The normalized spacial score (nSPS) is 15.6. The lowest BCUT2D eigenvalue weighted by molar-refractivity contribution is -0.139. The third-order valence-electron chi connectivity index (χ3n) is 4.71. The molecule has 1 aromatic carbocycles. The Kier molecular flexibility index (Phi) is 10.7. The summed E-state index contributed by atoms with van der Waals surface area (Å²) < 4.78 is 44.2. The van der Waals surface area contributed by atoms with Gasteiger partial charge < -0.3 is 20.3 Å². The zero-order chi connectivity index (χ0) is 21.4. The number of ether oxygens (including phenoxy) is 1. The topological polar surface area (TPSA) is 66.0 Å². The first-order valence-electron chi connectivity index (χ1n) is 9.77. The molecule has 0 atom stereocenters. The number of nitrogens with one attached hydrogen (secondary N) is 2. The highest BCUT2D eigenvalue weighted by Gasteiger charge is 2.34. The van der Waals surface area contributed by atoms with E-state index in [1.165, 1.54) is 18.2 Å². The molecule has 1 fully saturated rings. The number of alkyl halides is 3. The number of carbonyl (C=O) groups is 1. The SMILES string of the molecule is CN=C(NCCOc1ccccc1C(F)(F)F)NC1CCN(C(=O)C(C)C)CC1.I. The van der Waals surface area contributed by atoms with Gasteiger partial charge in [-0.2, -0.15) is 13.2 Å². The van der Waals surface area contributed by atoms with E-state index in [2.05, 4.69) is 15.6 Å². The predicted molar refractivity (Wildman–Crippen MR) is 121 cm³/mol. The van der Waals surface area contributed by atoms with Crippen LogP contribution < -0.4 is 15.4 Å². The number of amides is 1. The second-order valence-electron chi connectivity index (χ2n) is 7.24. The first-order valence-corrected chi connectivity index (χ1v) is 9.77. The number of aliphatic imine (C=N–C) groups is 1. The molecule has 1 heterocycles. The van der Waals surface area contributed by atoms with Gasteiger partial charge in [-0.05, 0) is 25.0 Å². The van der Waals surface area contributed by atoms with E-state index < -0.39 is 11.7 Å². The van der Waals surface area contributed by atoms with E-state index in [0.717, 1.165) is 18.9 Å². The number of para-hydroxylation sites is 1. The minimum Gasteiger partial charge on any atom is -0.491 e. The van der Waals surface area contributed by atoms with Crippen molar-refractivity contribution in [3.63, 3.8) is 0 Å². The van der Waals surface area contributed by atoms with Crippen molar-refractivity contribution in [2.45, 2.75) is 38.9 Å². The van der Waals surface area contributed by atoms with Gasteiger partial charge in [0.25, 0.3) is 0 Å². The molecule has 1 amide bonds. The molecule has 10 heteroatoms. The van der Waals surface area contributed by atoms with Crippen molar-refractivity contribution < 1.29 is 22.7 Å². The van der Waals surface area contributed by atoms with Crippen molar-refractivity contribution >= 4 is 35.8 Å². The zero-order valence-electron chi connectivity index (χ0n) is 17.5. The highest BCUT2D eigenvalue weighted by molar-refractivity contribution is 14.0. The van der Waals surface area contributed by atoms with Gasteiger partial charge in [-0.25, -0.2) is 0 Å². The van der Waals surface area contributed by atoms with E-state index in [-0.39, 0.29) is 54.2 Å². The lowest BCUT2D eigenvalue weighted by Gasteiger charge is -2.34. The maximum atomic E-state index is 13.0. The van der Waals surface area contributed by atoms with Gasteiger partial charge in [0.05, 0.1) is 12.1 Å². The Bertz CT molecular complexity index is 706. The summed E-state index contributed by atoms with van der Waals surface area (Å²) in [4.78, 5) is 18.1. The minimum absolute atomic E-state index is 0. The smallest absolute Gasteiger partial charge is 0.419 e. The number of halogens is 4. The summed E-state index contributed by atoms with van der Waals surface area (Å²) in [5.41, 5.74) is -0.787. The summed E-state index contributed by atoms with van der Waals surface area (Å²) in [5, 5.41) is 6.34. The Balaban J connectivity index is 0.00000450. The Labute approximate surface area is 192 Å². The van der Waals surface area contributed by atoms with E-state index in [0.29, 0.717) is 25.6 Å². The number of piperidine rings is 1. The quantitative estimate of drug-likeness (QED) is 0.250. The Morgan fingerprint density at radius 1 is 1.27 bits per heavy atom. The van der Waals surface area contributed by atoms with Gasteiger partial charge >= 0.3 is 6.18 Å². The lowest BCUT2D eigenvalue weighted by atomic mass is 10.0. The fourth-order valence-electron chi connectivity index (χ4n) is 3.15. The Morgan fingerprint density at radius 3 is 2.47 bits per heavy atom. The number of hydrogen-bond acceptors (Lipinski definition) is 3. The summed E-state index contributed by atoms with van der Waals surface area (Å²) in [7, 11) is 1.63. The molecule has 2 rings (SSSR count). The van der Waals surface area contributed by atoms with Crippen LogP contribution in [0.2, 0.25) is 0 Å². The van der Waals surface area contributed by atoms with Gasteiger partial charge in [-0.3, -0.25) is 9.79 Å². The van der Waals surface area contributed by atoms with Crippen LogP contribution in [0, 0.1) is 5.92 Å². The maximum absolute atomic E-state index is 13.0. The van der Waals surface area contributed by atoms with E-state index in [9.17, 15) is 18.0 Å². The number of carbonyl (C=O) groups excluding carboxylic acids is 1. The second kappa shape index (κ2) is 12.2. The van der Waals surface area contributed by atoms with Gasteiger partial charge in [-0.15, -0.1) is 24.0 Å². The van der Waals surface area contributed by atoms with Crippen molar-refractivity contribution in [2.75, 3.05) is 33.3 Å². The van der Waals surface area contributed by atoms with Gasteiger partial charge in [0.15, 0.2) is 5.96 Å². The van der Waals surface area contributed by atoms with Crippen molar-refractivity contribution in [3.8, 4) is 5.75 Å². The average molecular weight is 542 g/mol. The van der Waals surface area contributed by atoms with E-state index in [1.54, 1.807) is 7.05 Å². The molecule has 170 valence electrons. The number of nitrogens with zero attached hydrogens (tertiary/aromatic N) is 2. The molecule has 0 unspecified atom stereocenters. The van der Waals surface area contributed by atoms with Gasteiger partial charge in [0.2, 0.25) is 5.91 Å². The molecule has 0 bridgehead atoms. The molecular formula is C20H30F3IN4O2. The largest absolute Gasteiger partial charge is 0.491 e. The number of rotatable bonds is 6. The Hall–Kier alpha value is -1.72. The molecule has 6 nitrogen and oxygen atoms in total. The van der Waals surface area contributed by atoms with Crippen LogP contribution in [0.25, 0.3) is 0 Å². The van der Waals surface area contributed by atoms with Gasteiger partial charge in [0.1, 0.15) is 12.4 Å². The fraction of sp³-hybridized carbons (Fsp3) is 0.600. The number of guanidine groups is 1. The monoisotopic (exact) mass is 542 g/mol. The molecular weight excluding hydrogens is 512 g/mol. The van der Waals surface area contributed by atoms with E-state index in [4.69, 9.17) is 4.74 Å². The van der Waals surface area contributed by atoms with Crippen molar-refractivity contribution in [3.05, 3.63) is 29.8 Å². The molecule has 1 aromatic rings. The van der Waals surface area contributed by atoms with Crippen LogP contribution >= 0.6 is 24.0 Å². The molecule has 0 saturated carbocycles. The summed E-state index contributed by atoms with van der Waals surface area (Å²) in [6.45, 7) is 5.55. The van der Waals surface area contributed by atoms with Crippen molar-refractivity contribution in [1.82, 2.24) is 15.5 Å². The molecule has 30 heavy (non-hydrogen) atoms. The third kappa shape index (κ3) is 7.84. The van der Waals surface area contributed by atoms with E-state index in [1.807, 2.05) is 18.7 Å². The average Bonchev–Trinajstić information content (AvgIpc) is 2.69. The summed E-state index contributed by atoms with van der Waals surface area (Å²) in [5.74, 6) is 0.539. The highest BCUT2D eigenvalue weighted by Crippen LogP contribution is 2.35.